The van der Waals surface area contributed by atoms with Crippen molar-refractivity contribution in [1.82, 2.24) is 9.22 Å². The second-order valence-electron chi connectivity index (χ2n) is 2.44. The molecule has 0 aliphatic rings. The second-order valence-corrected chi connectivity index (χ2v) is 2.93. The summed E-state index contributed by atoms with van der Waals surface area (Å²) in [5, 5.41) is 1.11. The molecule has 0 saturated carbocycles. The van der Waals surface area contributed by atoms with Gasteiger partial charge in [0.2, 0.25) is 5.88 Å². The number of hydrogen-bond donors (Lipinski definition) is 0. The van der Waals surface area contributed by atoms with Gasteiger partial charge >= 0.3 is 0 Å². The number of methoxy groups -OCH3 is 1. The van der Waals surface area contributed by atoms with Crippen molar-refractivity contribution in [2.45, 2.75) is 0 Å². The van der Waals surface area contributed by atoms with Crippen LogP contribution in [-0.2, 0) is 0 Å². The summed E-state index contributed by atoms with van der Waals surface area (Å²) in [6.45, 7) is 0. The highest BCUT2D eigenvalue weighted by Crippen LogP contribution is 2.22. The Hall–Kier alpha value is -1.29. The van der Waals surface area contributed by atoms with Crippen molar-refractivity contribution in [3.8, 4) is 5.88 Å². The highest BCUT2D eigenvalue weighted by molar-refractivity contribution is 6.12. The Morgan fingerprint density at radius 1 is 1.50 bits per heavy atom. The second kappa shape index (κ2) is 2.64. The average Bonchev–Trinajstić information content (AvgIpc) is 2.48. The molecule has 0 amide bonds. The lowest BCUT2D eigenvalue weighted by Gasteiger charge is -2.01. The number of aromatic nitrogens is 2. The van der Waals surface area contributed by atoms with Crippen LogP contribution in [0.5, 0.6) is 5.88 Å². The lowest BCUT2D eigenvalue weighted by molar-refractivity contribution is 0.402. The third-order valence-corrected chi connectivity index (χ3v) is 2.13. The van der Waals surface area contributed by atoms with Crippen LogP contribution in [0.1, 0.15) is 0 Å². The van der Waals surface area contributed by atoms with Crippen LogP contribution < -0.4 is 4.74 Å². The standard InChI is InChI=1S/C8H7N2OSi/c1-11-8-7-6(2-4-9-8)3-5-10(7)12/h2-5H,1H3. The van der Waals surface area contributed by atoms with Gasteiger partial charge in [-0.2, -0.15) is 0 Å². The Kier molecular flexibility index (Phi) is 1.62. The maximum Gasteiger partial charge on any atom is 0.237 e. The fraction of sp³-hybridized carbons (Fsp3) is 0.125. The molecule has 59 valence electrons. The molecule has 12 heavy (non-hydrogen) atoms. The first-order chi connectivity index (χ1) is 5.83. The Morgan fingerprint density at radius 3 is 3.08 bits per heavy atom. The summed E-state index contributed by atoms with van der Waals surface area (Å²) in [4.78, 5) is 4.08. The molecule has 0 aliphatic heterocycles. The Labute approximate surface area is 73.5 Å². The van der Waals surface area contributed by atoms with Gasteiger partial charge in [-0.05, 0) is 18.3 Å². The van der Waals surface area contributed by atoms with Crippen LogP contribution in [0.25, 0.3) is 10.9 Å². The third-order valence-electron chi connectivity index (χ3n) is 1.76. The molecular formula is C8H7N2OSi. The van der Waals surface area contributed by atoms with Gasteiger partial charge in [-0.1, -0.05) is 0 Å². The molecule has 0 fully saturated rings. The van der Waals surface area contributed by atoms with Gasteiger partial charge in [-0.3, -0.25) is 0 Å². The number of rotatable bonds is 1. The molecule has 0 unspecified atom stereocenters. The first kappa shape index (κ1) is 7.36. The van der Waals surface area contributed by atoms with E-state index in [2.05, 4.69) is 15.4 Å². The van der Waals surface area contributed by atoms with Crippen LogP contribution in [-0.4, -0.2) is 26.7 Å². The molecule has 0 aromatic carbocycles. The van der Waals surface area contributed by atoms with E-state index in [9.17, 15) is 0 Å². The lowest BCUT2D eigenvalue weighted by Crippen LogP contribution is -1.94. The number of ether oxygens (including phenoxy) is 1. The van der Waals surface area contributed by atoms with Gasteiger partial charge in [0.15, 0.2) is 10.4 Å². The minimum atomic E-state index is 0.632. The summed E-state index contributed by atoms with van der Waals surface area (Å²) in [5.41, 5.74) is 0.955. The first-order valence-corrected chi connectivity index (χ1v) is 3.99. The molecule has 0 saturated heterocycles. The van der Waals surface area contributed by atoms with Crippen LogP contribution in [0, 0.1) is 0 Å². The predicted octanol–water partition coefficient (Wildman–Crippen LogP) is 0.976. The highest BCUT2D eigenvalue weighted by Gasteiger charge is 2.04. The van der Waals surface area contributed by atoms with E-state index in [1.54, 1.807) is 17.5 Å². The molecule has 0 bridgehead atoms. The molecule has 3 radical (unpaired) electrons. The quantitative estimate of drug-likeness (QED) is 0.604. The molecule has 0 atom stereocenters. The van der Waals surface area contributed by atoms with Gasteiger partial charge in [-0.25, -0.2) is 4.98 Å². The Bertz CT molecular complexity index is 410. The van der Waals surface area contributed by atoms with Gasteiger partial charge in [-0.15, -0.1) is 0 Å². The normalized spacial score (nSPS) is 10.5. The van der Waals surface area contributed by atoms with Gasteiger partial charge in [0.25, 0.3) is 0 Å². The van der Waals surface area contributed by atoms with E-state index in [-0.39, 0.29) is 0 Å². The summed E-state index contributed by atoms with van der Waals surface area (Å²) in [6.07, 6.45) is 3.64. The highest BCUT2D eigenvalue weighted by atomic mass is 28.2. The van der Waals surface area contributed by atoms with Crippen molar-refractivity contribution in [3.05, 3.63) is 24.5 Å². The molecule has 2 heterocycles. The number of fused-ring (bicyclic) bond motifs is 1. The van der Waals surface area contributed by atoms with E-state index >= 15 is 0 Å². The fourth-order valence-electron chi connectivity index (χ4n) is 1.20. The molecule has 2 aromatic rings. The molecule has 4 heteroatoms. The average molecular weight is 175 g/mol. The first-order valence-electron chi connectivity index (χ1n) is 3.54. The summed E-state index contributed by atoms with van der Waals surface area (Å²) >= 11 is 0. The minimum Gasteiger partial charge on any atom is -0.480 e. The number of hydrogen-bond acceptors (Lipinski definition) is 2. The van der Waals surface area contributed by atoms with E-state index in [0.29, 0.717) is 5.88 Å². The Morgan fingerprint density at radius 2 is 2.33 bits per heavy atom. The zero-order chi connectivity index (χ0) is 8.55. The predicted molar refractivity (Wildman–Crippen MR) is 47.4 cm³/mol. The van der Waals surface area contributed by atoms with Gasteiger partial charge < -0.3 is 8.97 Å². The van der Waals surface area contributed by atoms with Gasteiger partial charge in [0, 0.05) is 11.6 Å². The number of nitrogens with zero attached hydrogens (tertiary/aromatic N) is 2. The minimum absolute atomic E-state index is 0.632. The van der Waals surface area contributed by atoms with Crippen molar-refractivity contribution >= 4 is 21.3 Å². The van der Waals surface area contributed by atoms with Crippen LogP contribution >= 0.6 is 0 Å². The smallest absolute Gasteiger partial charge is 0.237 e. The van der Waals surface area contributed by atoms with Crippen LogP contribution in [0.3, 0.4) is 0 Å². The van der Waals surface area contributed by atoms with E-state index in [1.165, 1.54) is 0 Å². The summed E-state index contributed by atoms with van der Waals surface area (Å²) in [7, 11) is 5.02. The van der Waals surface area contributed by atoms with E-state index < -0.39 is 0 Å². The third kappa shape index (κ3) is 0.920. The zero-order valence-corrected chi connectivity index (χ0v) is 7.61. The summed E-state index contributed by atoms with van der Waals surface area (Å²) in [6, 6.07) is 3.93. The van der Waals surface area contributed by atoms with Crippen molar-refractivity contribution in [2.24, 2.45) is 0 Å². The van der Waals surface area contributed by atoms with Gasteiger partial charge in [0.1, 0.15) is 5.52 Å². The van der Waals surface area contributed by atoms with E-state index in [4.69, 9.17) is 4.74 Å². The zero-order valence-electron chi connectivity index (χ0n) is 6.61. The number of pyridine rings is 1. The molecule has 0 spiro atoms. The van der Waals surface area contributed by atoms with Crippen molar-refractivity contribution in [3.63, 3.8) is 0 Å². The maximum atomic E-state index is 5.10. The largest absolute Gasteiger partial charge is 0.480 e. The van der Waals surface area contributed by atoms with E-state index in [1.807, 2.05) is 18.3 Å². The maximum absolute atomic E-state index is 5.10. The molecule has 0 N–H and O–H groups in total. The summed E-state index contributed by atoms with van der Waals surface area (Å²) in [5.74, 6) is 0.632. The molecule has 2 aromatic heterocycles. The van der Waals surface area contributed by atoms with Crippen molar-refractivity contribution in [1.29, 1.82) is 0 Å². The molecule has 2 rings (SSSR count). The van der Waals surface area contributed by atoms with Crippen LogP contribution in [0.2, 0.25) is 0 Å². The van der Waals surface area contributed by atoms with Crippen molar-refractivity contribution in [2.75, 3.05) is 7.11 Å². The van der Waals surface area contributed by atoms with Gasteiger partial charge in [0.05, 0.1) is 7.11 Å². The molecule has 3 nitrogen and oxygen atoms in total. The molecular weight excluding hydrogens is 168 g/mol. The monoisotopic (exact) mass is 175 g/mol. The lowest BCUT2D eigenvalue weighted by atomic mass is 10.3. The fourth-order valence-corrected chi connectivity index (χ4v) is 1.50. The Balaban J connectivity index is 2.84. The molecule has 0 aliphatic carbocycles. The van der Waals surface area contributed by atoms with E-state index in [0.717, 1.165) is 10.9 Å². The van der Waals surface area contributed by atoms with Crippen LogP contribution in [0.4, 0.5) is 0 Å². The summed E-state index contributed by atoms with van der Waals surface area (Å²) < 4.78 is 6.91. The van der Waals surface area contributed by atoms with Crippen LogP contribution in [0.15, 0.2) is 24.5 Å². The van der Waals surface area contributed by atoms with Crippen molar-refractivity contribution < 1.29 is 4.74 Å². The SMILES string of the molecule is COc1nccc2ccn([Si])c12. The topological polar surface area (TPSA) is 27.1 Å².